The van der Waals surface area contributed by atoms with Gasteiger partial charge in [-0.15, -0.1) is 5.10 Å². The first-order valence-electron chi connectivity index (χ1n) is 5.94. The first-order valence-corrected chi connectivity index (χ1v) is 6.32. The molecule has 0 unspecified atom stereocenters. The Morgan fingerprint density at radius 1 is 1.50 bits per heavy atom. The van der Waals surface area contributed by atoms with Crippen LogP contribution in [0.15, 0.2) is 18.2 Å². The average molecular weight is 290 g/mol. The molecule has 102 valence electrons. The lowest BCUT2D eigenvalue weighted by molar-refractivity contribution is 0.101. The number of anilines is 1. The Morgan fingerprint density at radius 3 is 2.85 bits per heavy atom. The van der Waals surface area contributed by atoms with E-state index in [4.69, 9.17) is 16.9 Å². The summed E-state index contributed by atoms with van der Waals surface area (Å²) in [5.74, 6) is 0.332. The van der Waals surface area contributed by atoms with Gasteiger partial charge >= 0.3 is 0 Å². The van der Waals surface area contributed by atoms with Crippen molar-refractivity contribution in [2.75, 3.05) is 5.32 Å². The lowest BCUT2D eigenvalue weighted by atomic mass is 10.2. The first-order chi connectivity index (χ1) is 9.51. The SMILES string of the molecule is CC(C)c1nc(C(=O)Nc2cc(C#N)ccc2Cl)n[nH]1. The molecule has 20 heavy (non-hydrogen) atoms. The van der Waals surface area contributed by atoms with Crippen LogP contribution in [0.25, 0.3) is 0 Å². The third-order valence-corrected chi connectivity index (χ3v) is 2.93. The van der Waals surface area contributed by atoms with Crippen LogP contribution in [0.1, 0.15) is 41.8 Å². The topological polar surface area (TPSA) is 94.5 Å². The third-order valence-electron chi connectivity index (χ3n) is 2.60. The number of amides is 1. The molecule has 0 saturated carbocycles. The van der Waals surface area contributed by atoms with Gasteiger partial charge in [-0.3, -0.25) is 9.89 Å². The minimum absolute atomic E-state index is 0.0344. The van der Waals surface area contributed by atoms with Crippen LogP contribution in [0, 0.1) is 11.3 Å². The first kappa shape index (κ1) is 14.0. The van der Waals surface area contributed by atoms with E-state index in [1.165, 1.54) is 6.07 Å². The molecule has 0 radical (unpaired) electrons. The van der Waals surface area contributed by atoms with Crippen molar-refractivity contribution in [3.8, 4) is 6.07 Å². The summed E-state index contributed by atoms with van der Waals surface area (Å²) in [5, 5.41) is 18.3. The second kappa shape index (κ2) is 5.72. The molecule has 0 atom stereocenters. The molecular weight excluding hydrogens is 278 g/mol. The summed E-state index contributed by atoms with van der Waals surface area (Å²) in [5.41, 5.74) is 0.758. The molecule has 0 saturated heterocycles. The second-order valence-corrected chi connectivity index (χ2v) is 4.87. The summed E-state index contributed by atoms with van der Waals surface area (Å²) in [4.78, 5) is 16.1. The van der Waals surface area contributed by atoms with E-state index in [0.29, 0.717) is 22.1 Å². The van der Waals surface area contributed by atoms with Gasteiger partial charge in [-0.05, 0) is 18.2 Å². The number of rotatable bonds is 3. The highest BCUT2D eigenvalue weighted by molar-refractivity contribution is 6.33. The van der Waals surface area contributed by atoms with E-state index in [2.05, 4.69) is 20.5 Å². The number of aromatic amines is 1. The van der Waals surface area contributed by atoms with Gasteiger partial charge in [0.15, 0.2) is 0 Å². The van der Waals surface area contributed by atoms with E-state index < -0.39 is 5.91 Å². The van der Waals surface area contributed by atoms with Crippen LogP contribution in [0.5, 0.6) is 0 Å². The van der Waals surface area contributed by atoms with E-state index in [9.17, 15) is 4.79 Å². The maximum Gasteiger partial charge on any atom is 0.295 e. The number of nitrogens with one attached hydrogen (secondary N) is 2. The number of carbonyl (C=O) groups excluding carboxylic acids is 1. The van der Waals surface area contributed by atoms with Crippen molar-refractivity contribution in [3.05, 3.63) is 40.4 Å². The molecule has 2 aromatic rings. The fraction of sp³-hybridized carbons (Fsp3) is 0.231. The maximum atomic E-state index is 12.0. The number of carbonyl (C=O) groups is 1. The molecule has 2 rings (SSSR count). The number of aromatic nitrogens is 3. The molecule has 0 bridgehead atoms. The van der Waals surface area contributed by atoms with Gasteiger partial charge in [0.1, 0.15) is 5.82 Å². The third kappa shape index (κ3) is 2.95. The molecule has 1 amide bonds. The summed E-state index contributed by atoms with van der Waals surface area (Å²) in [7, 11) is 0. The predicted octanol–water partition coefficient (Wildman–Crippen LogP) is 2.71. The monoisotopic (exact) mass is 289 g/mol. The number of halogens is 1. The van der Waals surface area contributed by atoms with Gasteiger partial charge in [0.05, 0.1) is 22.3 Å². The molecule has 1 aromatic carbocycles. The van der Waals surface area contributed by atoms with Gasteiger partial charge in [-0.1, -0.05) is 25.4 Å². The maximum absolute atomic E-state index is 12.0. The number of nitrogens with zero attached hydrogens (tertiary/aromatic N) is 3. The minimum atomic E-state index is -0.481. The Balaban J connectivity index is 2.21. The van der Waals surface area contributed by atoms with E-state index in [-0.39, 0.29) is 11.7 Å². The molecule has 1 aromatic heterocycles. The highest BCUT2D eigenvalue weighted by Gasteiger charge is 2.15. The normalized spacial score (nSPS) is 10.3. The van der Waals surface area contributed by atoms with Crippen molar-refractivity contribution in [1.82, 2.24) is 15.2 Å². The largest absolute Gasteiger partial charge is 0.318 e. The molecule has 0 aliphatic heterocycles. The van der Waals surface area contributed by atoms with Crippen LogP contribution >= 0.6 is 11.6 Å². The van der Waals surface area contributed by atoms with Gasteiger partial charge in [0, 0.05) is 5.92 Å². The zero-order valence-corrected chi connectivity index (χ0v) is 11.7. The van der Waals surface area contributed by atoms with Crippen LogP contribution < -0.4 is 5.32 Å². The highest BCUT2D eigenvalue weighted by atomic mass is 35.5. The Kier molecular flexibility index (Phi) is 4.01. The van der Waals surface area contributed by atoms with Gasteiger partial charge in [0.2, 0.25) is 5.82 Å². The van der Waals surface area contributed by atoms with Crippen molar-refractivity contribution in [2.24, 2.45) is 0 Å². The number of hydrogen-bond acceptors (Lipinski definition) is 4. The number of H-pyrrole nitrogens is 1. The average Bonchev–Trinajstić information content (AvgIpc) is 2.91. The van der Waals surface area contributed by atoms with Gasteiger partial charge in [-0.25, -0.2) is 4.98 Å². The quantitative estimate of drug-likeness (QED) is 0.908. The van der Waals surface area contributed by atoms with E-state index >= 15 is 0 Å². The van der Waals surface area contributed by atoms with Crippen molar-refractivity contribution in [1.29, 1.82) is 5.26 Å². The van der Waals surface area contributed by atoms with Crippen LogP contribution in [-0.2, 0) is 0 Å². The number of benzene rings is 1. The van der Waals surface area contributed by atoms with Crippen molar-refractivity contribution < 1.29 is 4.79 Å². The molecule has 6 nitrogen and oxygen atoms in total. The van der Waals surface area contributed by atoms with Gasteiger partial charge < -0.3 is 5.32 Å². The van der Waals surface area contributed by atoms with E-state index in [0.717, 1.165) is 0 Å². The molecule has 2 N–H and O–H groups in total. The Labute approximate surface area is 120 Å². The fourth-order valence-corrected chi connectivity index (χ4v) is 1.67. The molecule has 0 aliphatic rings. The summed E-state index contributed by atoms with van der Waals surface area (Å²) < 4.78 is 0. The van der Waals surface area contributed by atoms with Gasteiger partial charge in [0.25, 0.3) is 5.91 Å². The summed E-state index contributed by atoms with van der Waals surface area (Å²) in [6.07, 6.45) is 0. The zero-order chi connectivity index (χ0) is 14.7. The van der Waals surface area contributed by atoms with Crippen molar-refractivity contribution >= 4 is 23.2 Å². The Bertz CT molecular complexity index is 686. The molecule has 1 heterocycles. The van der Waals surface area contributed by atoms with Crippen LogP contribution in [0.2, 0.25) is 5.02 Å². The lowest BCUT2D eigenvalue weighted by Gasteiger charge is -2.05. The van der Waals surface area contributed by atoms with Crippen LogP contribution in [0.3, 0.4) is 0 Å². The van der Waals surface area contributed by atoms with Crippen molar-refractivity contribution in [2.45, 2.75) is 19.8 Å². The standard InChI is InChI=1S/C13H12ClN5O/c1-7(2)11-17-12(19-18-11)13(20)16-10-5-8(6-15)3-4-9(10)14/h3-5,7H,1-2H3,(H,16,20)(H,17,18,19). The minimum Gasteiger partial charge on any atom is -0.318 e. The van der Waals surface area contributed by atoms with E-state index in [1.807, 2.05) is 19.9 Å². The molecule has 0 aliphatic carbocycles. The molecule has 0 fully saturated rings. The number of nitriles is 1. The smallest absolute Gasteiger partial charge is 0.295 e. The fourth-order valence-electron chi connectivity index (χ4n) is 1.50. The van der Waals surface area contributed by atoms with Crippen molar-refractivity contribution in [3.63, 3.8) is 0 Å². The molecule has 0 spiro atoms. The Hall–Kier alpha value is -2.39. The highest BCUT2D eigenvalue weighted by Crippen LogP contribution is 2.23. The summed E-state index contributed by atoms with van der Waals surface area (Å²) in [6, 6.07) is 6.60. The Morgan fingerprint density at radius 2 is 2.25 bits per heavy atom. The zero-order valence-electron chi connectivity index (χ0n) is 10.9. The second-order valence-electron chi connectivity index (χ2n) is 4.46. The van der Waals surface area contributed by atoms with Gasteiger partial charge in [-0.2, -0.15) is 5.26 Å². The molecule has 7 heteroatoms. The summed E-state index contributed by atoms with van der Waals surface area (Å²) in [6.45, 7) is 3.88. The molecular formula is C13H12ClN5O. The van der Waals surface area contributed by atoms with E-state index in [1.54, 1.807) is 12.1 Å². The van der Waals surface area contributed by atoms with Crippen LogP contribution in [-0.4, -0.2) is 21.1 Å². The number of hydrogen-bond donors (Lipinski definition) is 2. The summed E-state index contributed by atoms with van der Waals surface area (Å²) >= 11 is 5.97. The lowest BCUT2D eigenvalue weighted by Crippen LogP contribution is -2.14. The predicted molar refractivity (Wildman–Crippen MR) is 74.6 cm³/mol. The van der Waals surface area contributed by atoms with Crippen LogP contribution in [0.4, 0.5) is 5.69 Å².